The number of hydrogen-bond donors (Lipinski definition) is 1. The number of carbonyl (C=O) groups is 2. The van der Waals surface area contributed by atoms with Crippen LogP contribution in [0.25, 0.3) is 0 Å². The third kappa shape index (κ3) is 5.04. The number of rotatable bonds is 8. The van der Waals surface area contributed by atoms with Gasteiger partial charge in [0.25, 0.3) is 5.91 Å². The normalized spacial score (nSPS) is 14.3. The molecule has 0 saturated heterocycles. The topological polar surface area (TPSA) is 62.3 Å². The zero-order chi connectivity index (χ0) is 21.0. The maximum atomic E-state index is 13.0. The average Bonchev–Trinajstić information content (AvgIpc) is 2.71. The average molecular weight is 412 g/mol. The molecule has 0 saturated carbocycles. The molecule has 6 heteroatoms. The van der Waals surface area contributed by atoms with E-state index in [4.69, 9.17) is 11.6 Å². The van der Waals surface area contributed by atoms with Gasteiger partial charge in [-0.15, -0.1) is 0 Å². The monoisotopic (exact) mass is 411 g/mol. The molecular weight excluding hydrogens is 386 g/mol. The van der Waals surface area contributed by atoms with Gasteiger partial charge in [0.1, 0.15) is 0 Å². The van der Waals surface area contributed by atoms with Crippen molar-refractivity contribution in [3.8, 4) is 0 Å². The van der Waals surface area contributed by atoms with Gasteiger partial charge in [-0.2, -0.15) is 0 Å². The Bertz CT molecular complexity index is 941. The summed E-state index contributed by atoms with van der Waals surface area (Å²) in [6.07, 6.45) is 6.61. The molecule has 1 atom stereocenters. The smallest absolute Gasteiger partial charge is 0.258 e. The van der Waals surface area contributed by atoms with Gasteiger partial charge < -0.3 is 10.2 Å². The van der Waals surface area contributed by atoms with Crippen LogP contribution in [-0.2, 0) is 11.2 Å². The largest absolute Gasteiger partial charge is 0.381 e. The fraction of sp³-hybridized carbons (Fsp3) is 0.348. The van der Waals surface area contributed by atoms with Crippen LogP contribution in [0, 0.1) is 0 Å². The van der Waals surface area contributed by atoms with Gasteiger partial charge in [-0.3, -0.25) is 14.6 Å². The highest BCUT2D eigenvalue weighted by molar-refractivity contribution is 6.30. The molecule has 0 bridgehead atoms. The SMILES string of the molecule is C=C(CCC(CC)Nc1cncc(N2CCc3cc(Cl)ccc3C2=O)c1)C(C)=O. The highest BCUT2D eigenvalue weighted by atomic mass is 35.5. The van der Waals surface area contributed by atoms with Crippen LogP contribution in [-0.4, -0.2) is 29.3 Å². The van der Waals surface area contributed by atoms with Gasteiger partial charge in [0.05, 0.1) is 23.8 Å². The van der Waals surface area contributed by atoms with Crippen LogP contribution < -0.4 is 10.2 Å². The summed E-state index contributed by atoms with van der Waals surface area (Å²) in [4.78, 5) is 30.4. The van der Waals surface area contributed by atoms with E-state index < -0.39 is 0 Å². The molecule has 1 aliphatic heterocycles. The van der Waals surface area contributed by atoms with E-state index in [1.165, 1.54) is 0 Å². The van der Waals surface area contributed by atoms with Crippen molar-refractivity contribution in [3.05, 3.63) is 65.0 Å². The van der Waals surface area contributed by atoms with Crippen LogP contribution >= 0.6 is 11.6 Å². The Morgan fingerprint density at radius 3 is 2.86 bits per heavy atom. The van der Waals surface area contributed by atoms with E-state index in [0.29, 0.717) is 29.1 Å². The molecule has 1 amide bonds. The lowest BCUT2D eigenvalue weighted by atomic mass is 9.98. The highest BCUT2D eigenvalue weighted by Crippen LogP contribution is 2.28. The molecule has 5 nitrogen and oxygen atoms in total. The first-order valence-corrected chi connectivity index (χ1v) is 10.3. The summed E-state index contributed by atoms with van der Waals surface area (Å²) in [7, 11) is 0. The van der Waals surface area contributed by atoms with E-state index in [1.54, 1.807) is 36.4 Å². The first-order chi connectivity index (χ1) is 13.9. The summed E-state index contributed by atoms with van der Waals surface area (Å²) in [6, 6.07) is 7.55. The van der Waals surface area contributed by atoms with Gasteiger partial charge >= 0.3 is 0 Å². The third-order valence-corrected chi connectivity index (χ3v) is 5.57. The Balaban J connectivity index is 1.72. The van der Waals surface area contributed by atoms with E-state index >= 15 is 0 Å². The summed E-state index contributed by atoms with van der Waals surface area (Å²) >= 11 is 6.06. The number of hydrogen-bond acceptors (Lipinski definition) is 4. The van der Waals surface area contributed by atoms with Crippen molar-refractivity contribution in [3.63, 3.8) is 0 Å². The molecule has 29 heavy (non-hydrogen) atoms. The van der Waals surface area contributed by atoms with Crippen LogP contribution in [0.4, 0.5) is 11.4 Å². The first-order valence-electron chi connectivity index (χ1n) is 9.89. The number of pyridine rings is 1. The van der Waals surface area contributed by atoms with Crippen molar-refractivity contribution < 1.29 is 9.59 Å². The summed E-state index contributed by atoms with van der Waals surface area (Å²) in [6.45, 7) is 8.07. The Morgan fingerprint density at radius 2 is 2.14 bits per heavy atom. The van der Waals surface area contributed by atoms with Crippen molar-refractivity contribution >= 4 is 34.7 Å². The maximum Gasteiger partial charge on any atom is 0.258 e. The van der Waals surface area contributed by atoms with E-state index in [1.807, 2.05) is 12.1 Å². The molecule has 1 N–H and O–H groups in total. The van der Waals surface area contributed by atoms with Crippen molar-refractivity contribution in [1.29, 1.82) is 0 Å². The third-order valence-electron chi connectivity index (χ3n) is 5.34. The van der Waals surface area contributed by atoms with Crippen LogP contribution in [0.2, 0.25) is 5.02 Å². The van der Waals surface area contributed by atoms with Crippen molar-refractivity contribution in [2.75, 3.05) is 16.8 Å². The molecule has 1 aromatic heterocycles. The number of nitrogens with one attached hydrogen (secondary N) is 1. The van der Waals surface area contributed by atoms with Crippen LogP contribution in [0.3, 0.4) is 0 Å². The second kappa shape index (κ2) is 9.23. The lowest BCUT2D eigenvalue weighted by molar-refractivity contribution is -0.113. The van der Waals surface area contributed by atoms with Crippen LogP contribution in [0.5, 0.6) is 0 Å². The number of Topliss-reactive ketones (excluding diaryl/α,β-unsaturated/α-hetero) is 1. The predicted molar refractivity (Wildman–Crippen MR) is 118 cm³/mol. The Morgan fingerprint density at radius 1 is 1.34 bits per heavy atom. The summed E-state index contributed by atoms with van der Waals surface area (Å²) in [5.74, 6) is 0.000335. The molecule has 1 aromatic carbocycles. The van der Waals surface area contributed by atoms with Crippen LogP contribution in [0.1, 0.15) is 49.0 Å². The number of aromatic nitrogens is 1. The molecule has 3 rings (SSSR count). The van der Waals surface area contributed by atoms with Gasteiger partial charge in [0.15, 0.2) is 5.78 Å². The minimum Gasteiger partial charge on any atom is -0.381 e. The van der Waals surface area contributed by atoms with Crippen LogP contribution in [0.15, 0.2) is 48.8 Å². The molecule has 2 heterocycles. The molecule has 0 fully saturated rings. The molecular formula is C23H26ClN3O2. The van der Waals surface area contributed by atoms with E-state index in [9.17, 15) is 9.59 Å². The number of benzene rings is 1. The number of ketones is 1. The van der Waals surface area contributed by atoms with Gasteiger partial charge in [0.2, 0.25) is 0 Å². The second-order valence-electron chi connectivity index (χ2n) is 7.39. The van der Waals surface area contributed by atoms with E-state index in [-0.39, 0.29) is 17.7 Å². The van der Waals surface area contributed by atoms with Crippen molar-refractivity contribution in [2.45, 2.75) is 45.6 Å². The van der Waals surface area contributed by atoms with Crippen molar-refractivity contribution in [1.82, 2.24) is 4.98 Å². The molecule has 1 aliphatic rings. The Kier molecular flexibility index (Phi) is 6.70. The highest BCUT2D eigenvalue weighted by Gasteiger charge is 2.26. The van der Waals surface area contributed by atoms with E-state index in [2.05, 4.69) is 23.8 Å². The number of carbonyl (C=O) groups excluding carboxylic acids is 2. The number of amides is 1. The summed E-state index contributed by atoms with van der Waals surface area (Å²) in [5, 5.41) is 4.12. The quantitative estimate of drug-likeness (QED) is 0.617. The molecule has 152 valence electrons. The fourth-order valence-corrected chi connectivity index (χ4v) is 3.69. The van der Waals surface area contributed by atoms with Gasteiger partial charge in [-0.05, 0) is 68.0 Å². The van der Waals surface area contributed by atoms with Gasteiger partial charge in [-0.1, -0.05) is 25.1 Å². The summed E-state index contributed by atoms with van der Waals surface area (Å²) < 4.78 is 0. The number of nitrogens with zero attached hydrogens (tertiary/aromatic N) is 2. The van der Waals surface area contributed by atoms with Gasteiger partial charge in [0, 0.05) is 23.2 Å². The Hall–Kier alpha value is -2.66. The fourth-order valence-electron chi connectivity index (χ4n) is 3.50. The molecule has 0 aliphatic carbocycles. The van der Waals surface area contributed by atoms with E-state index in [0.717, 1.165) is 36.2 Å². The predicted octanol–water partition coefficient (Wildman–Crippen LogP) is 5.05. The lowest BCUT2D eigenvalue weighted by Gasteiger charge is -2.29. The minimum absolute atomic E-state index is 0.0355. The number of anilines is 2. The second-order valence-corrected chi connectivity index (χ2v) is 7.82. The number of halogens is 1. The maximum absolute atomic E-state index is 13.0. The zero-order valence-corrected chi connectivity index (χ0v) is 17.6. The minimum atomic E-state index is -0.0355. The standard InChI is InChI=1S/C23H26ClN3O2/c1-4-19(7-5-15(2)16(3)28)26-20-12-21(14-25-13-20)27-10-9-17-11-18(24)6-8-22(17)23(27)29/h6,8,11-14,19,26H,2,4-5,7,9-10H2,1,3H3. The number of fused-ring (bicyclic) bond motifs is 1. The Labute approximate surface area is 176 Å². The number of allylic oxidation sites excluding steroid dienone is 1. The lowest BCUT2D eigenvalue weighted by Crippen LogP contribution is -2.37. The van der Waals surface area contributed by atoms with Gasteiger partial charge in [-0.25, -0.2) is 0 Å². The molecule has 0 radical (unpaired) electrons. The molecule has 0 spiro atoms. The van der Waals surface area contributed by atoms with Crippen molar-refractivity contribution in [2.24, 2.45) is 0 Å². The molecule has 1 unspecified atom stereocenters. The molecule has 2 aromatic rings. The first kappa shape index (κ1) is 21.1. The summed E-state index contributed by atoms with van der Waals surface area (Å²) in [5.41, 5.74) is 3.95. The zero-order valence-electron chi connectivity index (χ0n) is 16.9.